The fraction of sp³-hybridized carbons (Fsp3) is 0.333. The molecule has 0 spiro atoms. The van der Waals surface area contributed by atoms with E-state index in [1.807, 2.05) is 22.7 Å². The highest BCUT2D eigenvalue weighted by molar-refractivity contribution is 7.27. The predicted octanol–water partition coefficient (Wildman–Crippen LogP) is 5.54. The van der Waals surface area contributed by atoms with Gasteiger partial charge in [-0.15, -0.1) is 22.7 Å². The zero-order chi connectivity index (χ0) is 14.2. The van der Waals surface area contributed by atoms with Crippen LogP contribution in [-0.2, 0) is 0 Å². The van der Waals surface area contributed by atoms with Crippen LogP contribution in [0.2, 0.25) is 0 Å². The van der Waals surface area contributed by atoms with Gasteiger partial charge in [0.15, 0.2) is 0 Å². The van der Waals surface area contributed by atoms with Gasteiger partial charge in [0.2, 0.25) is 0 Å². The molecule has 1 fully saturated rings. The quantitative estimate of drug-likeness (QED) is 0.667. The molecule has 0 bridgehead atoms. The molecule has 0 aliphatic heterocycles. The van der Waals surface area contributed by atoms with Crippen molar-refractivity contribution in [2.24, 2.45) is 0 Å². The maximum absolute atomic E-state index is 3.48. The molecule has 4 rings (SSSR count). The Morgan fingerprint density at radius 2 is 1.90 bits per heavy atom. The molecule has 1 atom stereocenters. The third-order valence-electron chi connectivity index (χ3n) is 4.58. The van der Waals surface area contributed by atoms with Crippen LogP contribution in [0.1, 0.15) is 47.2 Å². The van der Waals surface area contributed by atoms with E-state index in [4.69, 9.17) is 0 Å². The summed E-state index contributed by atoms with van der Waals surface area (Å²) in [4.78, 5) is 1.41. The number of benzene rings is 1. The van der Waals surface area contributed by atoms with E-state index in [-0.39, 0.29) is 0 Å². The minimum Gasteiger partial charge on any atom is -0.309 e. The SMILES string of the molecule is CNC(c1ccc(C2CCC2)cc1)c1cc2sccc2s1. The molecule has 1 aliphatic carbocycles. The number of nitrogens with one attached hydrogen (secondary N) is 1. The molecule has 1 aromatic carbocycles. The summed E-state index contributed by atoms with van der Waals surface area (Å²) in [7, 11) is 2.05. The lowest BCUT2D eigenvalue weighted by Gasteiger charge is -2.26. The molecule has 1 aliphatic rings. The Balaban J connectivity index is 1.63. The van der Waals surface area contributed by atoms with Crippen LogP contribution < -0.4 is 5.32 Å². The number of hydrogen-bond donors (Lipinski definition) is 1. The molecule has 108 valence electrons. The Morgan fingerprint density at radius 3 is 2.52 bits per heavy atom. The summed E-state index contributed by atoms with van der Waals surface area (Å²) in [5.41, 5.74) is 2.89. The minimum absolute atomic E-state index is 0.310. The smallest absolute Gasteiger partial charge is 0.0669 e. The minimum atomic E-state index is 0.310. The van der Waals surface area contributed by atoms with Crippen molar-refractivity contribution in [2.75, 3.05) is 7.05 Å². The Morgan fingerprint density at radius 1 is 1.10 bits per heavy atom. The first kappa shape index (κ1) is 13.5. The molecule has 1 saturated carbocycles. The molecule has 1 N–H and O–H groups in total. The number of thiophene rings is 2. The zero-order valence-corrected chi connectivity index (χ0v) is 13.8. The molecule has 1 unspecified atom stereocenters. The third-order valence-corrected chi connectivity index (χ3v) is 6.74. The van der Waals surface area contributed by atoms with Gasteiger partial charge in [0, 0.05) is 14.3 Å². The molecule has 1 nitrogen and oxygen atoms in total. The fourth-order valence-electron chi connectivity index (χ4n) is 3.10. The van der Waals surface area contributed by atoms with Crippen LogP contribution in [0.5, 0.6) is 0 Å². The third kappa shape index (κ3) is 2.44. The van der Waals surface area contributed by atoms with E-state index < -0.39 is 0 Å². The molecule has 21 heavy (non-hydrogen) atoms. The van der Waals surface area contributed by atoms with Crippen LogP contribution in [0.4, 0.5) is 0 Å². The van der Waals surface area contributed by atoms with Crippen LogP contribution in [0.25, 0.3) is 9.40 Å². The lowest BCUT2D eigenvalue weighted by molar-refractivity contribution is 0.419. The first-order valence-electron chi connectivity index (χ1n) is 7.59. The molecule has 2 heterocycles. The standard InChI is InChI=1S/C18H19NS2/c1-19-18(17-11-16-15(21-17)9-10-20-16)14-7-5-13(6-8-14)12-3-2-4-12/h5-12,18-19H,2-4H2,1H3. The highest BCUT2D eigenvalue weighted by atomic mass is 32.1. The van der Waals surface area contributed by atoms with Crippen molar-refractivity contribution >= 4 is 32.1 Å². The van der Waals surface area contributed by atoms with E-state index in [1.165, 1.54) is 44.7 Å². The lowest BCUT2D eigenvalue weighted by atomic mass is 9.80. The van der Waals surface area contributed by atoms with Crippen LogP contribution in [0.15, 0.2) is 41.8 Å². The van der Waals surface area contributed by atoms with Gasteiger partial charge in [0.25, 0.3) is 0 Å². The molecular weight excluding hydrogens is 294 g/mol. The van der Waals surface area contributed by atoms with Crippen molar-refractivity contribution in [3.63, 3.8) is 0 Å². The van der Waals surface area contributed by atoms with E-state index in [9.17, 15) is 0 Å². The fourth-order valence-corrected chi connectivity index (χ4v) is 5.36. The summed E-state index contributed by atoms with van der Waals surface area (Å²) >= 11 is 3.74. The van der Waals surface area contributed by atoms with Crippen molar-refractivity contribution in [2.45, 2.75) is 31.2 Å². The highest BCUT2D eigenvalue weighted by Gasteiger charge is 2.20. The summed E-state index contributed by atoms with van der Waals surface area (Å²) in [5, 5.41) is 5.65. The molecule has 2 aromatic heterocycles. The average molecular weight is 313 g/mol. The molecule has 0 amide bonds. The topological polar surface area (TPSA) is 12.0 Å². The summed E-state index contributed by atoms with van der Waals surface area (Å²) in [6.45, 7) is 0. The Bertz CT molecular complexity index is 706. The lowest BCUT2D eigenvalue weighted by Crippen LogP contribution is -2.16. The molecule has 3 heteroatoms. The van der Waals surface area contributed by atoms with E-state index in [2.05, 4.69) is 54.1 Å². The van der Waals surface area contributed by atoms with Crippen molar-refractivity contribution in [1.82, 2.24) is 5.32 Å². The first-order chi connectivity index (χ1) is 10.3. The second-order valence-electron chi connectivity index (χ2n) is 5.81. The Kier molecular flexibility index (Phi) is 3.57. The molecule has 3 aromatic rings. The number of fused-ring (bicyclic) bond motifs is 1. The first-order valence-corrected chi connectivity index (χ1v) is 9.29. The van der Waals surface area contributed by atoms with Gasteiger partial charge in [-0.2, -0.15) is 0 Å². The highest BCUT2D eigenvalue weighted by Crippen LogP contribution is 2.38. The van der Waals surface area contributed by atoms with Crippen molar-refractivity contribution < 1.29 is 0 Å². The summed E-state index contributed by atoms with van der Waals surface area (Å²) < 4.78 is 2.81. The summed E-state index contributed by atoms with van der Waals surface area (Å²) in [6.07, 6.45) is 4.14. The maximum Gasteiger partial charge on any atom is 0.0669 e. The van der Waals surface area contributed by atoms with Crippen molar-refractivity contribution in [1.29, 1.82) is 0 Å². The van der Waals surface area contributed by atoms with Crippen LogP contribution in [0, 0.1) is 0 Å². The Labute approximate surface area is 133 Å². The van der Waals surface area contributed by atoms with E-state index in [1.54, 1.807) is 0 Å². The van der Waals surface area contributed by atoms with Crippen LogP contribution in [0.3, 0.4) is 0 Å². The summed E-state index contributed by atoms with van der Waals surface area (Å²) in [5.74, 6) is 0.819. The number of rotatable bonds is 4. The maximum atomic E-state index is 3.48. The second-order valence-corrected chi connectivity index (χ2v) is 7.88. The van der Waals surface area contributed by atoms with Gasteiger partial charge in [0.1, 0.15) is 0 Å². The van der Waals surface area contributed by atoms with Gasteiger partial charge >= 0.3 is 0 Å². The van der Waals surface area contributed by atoms with Gasteiger partial charge in [-0.1, -0.05) is 30.7 Å². The van der Waals surface area contributed by atoms with Crippen LogP contribution in [-0.4, -0.2) is 7.05 Å². The second kappa shape index (κ2) is 5.56. The van der Waals surface area contributed by atoms with Crippen LogP contribution >= 0.6 is 22.7 Å². The Hall–Kier alpha value is -1.16. The van der Waals surface area contributed by atoms with E-state index in [0.29, 0.717) is 6.04 Å². The predicted molar refractivity (Wildman–Crippen MR) is 93.6 cm³/mol. The molecule has 0 radical (unpaired) electrons. The van der Waals surface area contributed by atoms with Crippen molar-refractivity contribution in [3.8, 4) is 0 Å². The molecule has 0 saturated heterocycles. The monoisotopic (exact) mass is 313 g/mol. The number of hydrogen-bond acceptors (Lipinski definition) is 3. The van der Waals surface area contributed by atoms with Crippen molar-refractivity contribution in [3.05, 3.63) is 57.8 Å². The van der Waals surface area contributed by atoms with Gasteiger partial charge in [0.05, 0.1) is 6.04 Å². The normalized spacial score (nSPS) is 17.0. The van der Waals surface area contributed by atoms with E-state index in [0.717, 1.165) is 5.92 Å². The molecular formula is C18H19NS2. The average Bonchev–Trinajstić information content (AvgIpc) is 3.01. The summed E-state index contributed by atoms with van der Waals surface area (Å²) in [6, 6.07) is 14.2. The van der Waals surface area contributed by atoms with Gasteiger partial charge in [-0.25, -0.2) is 0 Å². The zero-order valence-electron chi connectivity index (χ0n) is 12.1. The van der Waals surface area contributed by atoms with Gasteiger partial charge in [-0.05, 0) is 54.4 Å². The van der Waals surface area contributed by atoms with Gasteiger partial charge < -0.3 is 5.32 Å². The van der Waals surface area contributed by atoms with E-state index >= 15 is 0 Å². The largest absolute Gasteiger partial charge is 0.309 e. The van der Waals surface area contributed by atoms with Gasteiger partial charge in [-0.3, -0.25) is 0 Å².